The number of hydrogen-bond acceptors (Lipinski definition) is 1. The second-order valence-corrected chi connectivity index (χ2v) is 2.51. The van der Waals surface area contributed by atoms with E-state index in [1.807, 2.05) is 6.07 Å². The fourth-order valence-corrected chi connectivity index (χ4v) is 1.19. The molecule has 1 N–H and O–H groups in total. The molecule has 2 aromatic rings. The van der Waals surface area contributed by atoms with E-state index >= 15 is 0 Å². The summed E-state index contributed by atoms with van der Waals surface area (Å²) >= 11 is 0. The van der Waals surface area contributed by atoms with Crippen molar-refractivity contribution in [2.24, 2.45) is 0 Å². The molecular weight excluding hydrogens is 155 g/mol. The summed E-state index contributed by atoms with van der Waals surface area (Å²) in [5.41, 5.74) is 0.800. The van der Waals surface area contributed by atoms with E-state index in [0.29, 0.717) is 11.1 Å². The Bertz CT molecular complexity index is 465. The van der Waals surface area contributed by atoms with Crippen LogP contribution in [0.3, 0.4) is 0 Å². The third-order valence-corrected chi connectivity index (χ3v) is 1.74. The Morgan fingerprint density at radius 3 is 3.00 bits per heavy atom. The number of fused-ring (bicyclic) bond motifs is 1. The number of aromatic nitrogens is 1. The molecule has 2 nitrogen and oxygen atoms in total. The number of halogens is 1. The molecule has 0 fully saturated rings. The average Bonchev–Trinajstić information content (AvgIpc) is 2.52. The summed E-state index contributed by atoms with van der Waals surface area (Å²) in [7, 11) is 0. The van der Waals surface area contributed by atoms with E-state index < -0.39 is 0 Å². The molecule has 2 rings (SSSR count). The predicted octanol–water partition coefficient (Wildman–Crippen LogP) is 2.18. The normalized spacial score (nSPS) is 10.0. The molecule has 0 aliphatic heterocycles. The topological polar surface area (TPSA) is 39.6 Å². The van der Waals surface area contributed by atoms with Gasteiger partial charge in [-0.1, -0.05) is 0 Å². The highest BCUT2D eigenvalue weighted by molar-refractivity contribution is 5.81. The monoisotopic (exact) mass is 160 g/mol. The second-order valence-electron chi connectivity index (χ2n) is 2.51. The number of nitriles is 1. The Balaban J connectivity index is 2.86. The van der Waals surface area contributed by atoms with Crippen LogP contribution >= 0.6 is 0 Å². The SMILES string of the molecule is N#Cc1cc(F)c2[nH]ccc2c1. The van der Waals surface area contributed by atoms with Gasteiger partial charge in [-0.25, -0.2) is 4.39 Å². The molecule has 0 radical (unpaired) electrons. The van der Waals surface area contributed by atoms with Crippen LogP contribution in [0.5, 0.6) is 0 Å². The van der Waals surface area contributed by atoms with Crippen LogP contribution in [0.1, 0.15) is 5.56 Å². The summed E-state index contributed by atoms with van der Waals surface area (Å²) in [4.78, 5) is 2.75. The molecule has 0 aliphatic carbocycles. The number of hydrogen-bond donors (Lipinski definition) is 1. The molecule has 0 bridgehead atoms. The van der Waals surface area contributed by atoms with E-state index in [1.165, 1.54) is 6.07 Å². The minimum absolute atomic E-state index is 0.347. The maximum absolute atomic E-state index is 13.1. The lowest BCUT2D eigenvalue weighted by Crippen LogP contribution is -1.80. The van der Waals surface area contributed by atoms with Crippen molar-refractivity contribution >= 4 is 10.9 Å². The molecule has 0 saturated carbocycles. The fraction of sp³-hybridized carbons (Fsp3) is 0. The van der Waals surface area contributed by atoms with Gasteiger partial charge in [0, 0.05) is 11.6 Å². The lowest BCUT2D eigenvalue weighted by atomic mass is 10.2. The third kappa shape index (κ3) is 0.857. The van der Waals surface area contributed by atoms with Crippen molar-refractivity contribution in [3.63, 3.8) is 0 Å². The molecule has 12 heavy (non-hydrogen) atoms. The van der Waals surface area contributed by atoms with Crippen LogP contribution in [0.15, 0.2) is 24.4 Å². The zero-order valence-corrected chi connectivity index (χ0v) is 6.13. The molecule has 3 heteroatoms. The lowest BCUT2D eigenvalue weighted by molar-refractivity contribution is 0.637. The first-order valence-electron chi connectivity index (χ1n) is 3.48. The Morgan fingerprint density at radius 2 is 2.25 bits per heavy atom. The number of nitrogens with zero attached hydrogens (tertiary/aromatic N) is 1. The highest BCUT2D eigenvalue weighted by atomic mass is 19.1. The van der Waals surface area contributed by atoms with Crippen LogP contribution in [0.25, 0.3) is 10.9 Å². The fourth-order valence-electron chi connectivity index (χ4n) is 1.19. The van der Waals surface area contributed by atoms with Crippen molar-refractivity contribution in [3.8, 4) is 6.07 Å². The van der Waals surface area contributed by atoms with Crippen molar-refractivity contribution in [2.45, 2.75) is 0 Å². The maximum Gasteiger partial charge on any atom is 0.148 e. The summed E-state index contributed by atoms with van der Waals surface area (Å²) in [5.74, 6) is -0.381. The first-order chi connectivity index (χ1) is 5.81. The van der Waals surface area contributed by atoms with Gasteiger partial charge in [-0.2, -0.15) is 5.26 Å². The number of aromatic amines is 1. The summed E-state index contributed by atoms with van der Waals surface area (Å²) < 4.78 is 13.1. The van der Waals surface area contributed by atoms with Gasteiger partial charge in [0.2, 0.25) is 0 Å². The van der Waals surface area contributed by atoms with Crippen molar-refractivity contribution in [1.82, 2.24) is 4.98 Å². The zero-order chi connectivity index (χ0) is 8.55. The number of nitrogens with one attached hydrogen (secondary N) is 1. The number of H-pyrrole nitrogens is 1. The van der Waals surface area contributed by atoms with E-state index in [2.05, 4.69) is 4.98 Å². The van der Waals surface area contributed by atoms with Gasteiger partial charge in [0.15, 0.2) is 0 Å². The summed E-state index contributed by atoms with van der Waals surface area (Å²) in [5, 5.41) is 9.26. The van der Waals surface area contributed by atoms with Gasteiger partial charge >= 0.3 is 0 Å². The van der Waals surface area contributed by atoms with Crippen LogP contribution in [0.4, 0.5) is 4.39 Å². The average molecular weight is 160 g/mol. The Morgan fingerprint density at radius 1 is 1.42 bits per heavy atom. The largest absolute Gasteiger partial charge is 0.359 e. The summed E-state index contributed by atoms with van der Waals surface area (Å²) in [6.45, 7) is 0. The Labute approximate surface area is 68.2 Å². The number of rotatable bonds is 0. The molecule has 0 unspecified atom stereocenters. The van der Waals surface area contributed by atoms with Gasteiger partial charge < -0.3 is 4.98 Å². The third-order valence-electron chi connectivity index (χ3n) is 1.74. The summed E-state index contributed by atoms with van der Waals surface area (Å²) in [6.07, 6.45) is 1.65. The van der Waals surface area contributed by atoms with Crippen LogP contribution in [-0.2, 0) is 0 Å². The van der Waals surface area contributed by atoms with Crippen LogP contribution in [-0.4, -0.2) is 4.98 Å². The molecule has 0 atom stereocenters. The second kappa shape index (κ2) is 2.35. The quantitative estimate of drug-likeness (QED) is 0.630. The van der Waals surface area contributed by atoms with Gasteiger partial charge in [0.05, 0.1) is 17.1 Å². The molecule has 0 amide bonds. The van der Waals surface area contributed by atoms with Crippen LogP contribution in [0.2, 0.25) is 0 Å². The standard InChI is InChI=1S/C9H5FN2/c10-8-4-6(5-11)3-7-1-2-12-9(7)8/h1-4,12H. The highest BCUT2D eigenvalue weighted by Crippen LogP contribution is 2.17. The van der Waals surface area contributed by atoms with Gasteiger partial charge in [-0.3, -0.25) is 0 Å². The van der Waals surface area contributed by atoms with Crippen molar-refractivity contribution in [3.05, 3.63) is 35.8 Å². The first-order valence-corrected chi connectivity index (χ1v) is 3.48. The van der Waals surface area contributed by atoms with Crippen LogP contribution < -0.4 is 0 Å². The minimum Gasteiger partial charge on any atom is -0.359 e. The minimum atomic E-state index is -0.381. The van der Waals surface area contributed by atoms with Gasteiger partial charge in [-0.05, 0) is 18.2 Å². The maximum atomic E-state index is 13.1. The Kier molecular flexibility index (Phi) is 1.34. The van der Waals surface area contributed by atoms with Crippen LogP contribution in [0, 0.1) is 17.1 Å². The van der Waals surface area contributed by atoms with Crippen molar-refractivity contribution in [1.29, 1.82) is 5.26 Å². The molecule has 1 aromatic heterocycles. The molecular formula is C9H5FN2. The van der Waals surface area contributed by atoms with E-state index in [0.717, 1.165) is 5.39 Å². The molecule has 0 aliphatic rings. The molecule has 1 aromatic carbocycles. The van der Waals surface area contributed by atoms with E-state index in [4.69, 9.17) is 5.26 Å². The molecule has 0 spiro atoms. The van der Waals surface area contributed by atoms with Gasteiger partial charge in [-0.15, -0.1) is 0 Å². The molecule has 0 saturated heterocycles. The first kappa shape index (κ1) is 6.86. The van der Waals surface area contributed by atoms with Gasteiger partial charge in [0.25, 0.3) is 0 Å². The van der Waals surface area contributed by atoms with E-state index in [-0.39, 0.29) is 5.82 Å². The number of benzene rings is 1. The zero-order valence-electron chi connectivity index (χ0n) is 6.13. The van der Waals surface area contributed by atoms with Crippen molar-refractivity contribution in [2.75, 3.05) is 0 Å². The molecule has 58 valence electrons. The lowest BCUT2D eigenvalue weighted by Gasteiger charge is -1.92. The predicted molar refractivity (Wildman–Crippen MR) is 43.0 cm³/mol. The van der Waals surface area contributed by atoms with E-state index in [9.17, 15) is 4.39 Å². The Hall–Kier alpha value is -1.82. The smallest absolute Gasteiger partial charge is 0.148 e. The van der Waals surface area contributed by atoms with Gasteiger partial charge in [0.1, 0.15) is 5.82 Å². The summed E-state index contributed by atoms with van der Waals surface area (Å²) in [6, 6.07) is 6.50. The molecule has 1 heterocycles. The van der Waals surface area contributed by atoms with Crippen molar-refractivity contribution < 1.29 is 4.39 Å². The highest BCUT2D eigenvalue weighted by Gasteiger charge is 2.03. The van der Waals surface area contributed by atoms with E-state index in [1.54, 1.807) is 18.3 Å².